The maximum atomic E-state index is 12.2. The Morgan fingerprint density at radius 2 is 1.72 bits per heavy atom. The summed E-state index contributed by atoms with van der Waals surface area (Å²) in [5.41, 5.74) is 0.355. The van der Waals surface area contributed by atoms with E-state index in [1.165, 1.54) is 48.3 Å². The number of carbonyl (C=O) groups excluding carboxylic acids is 3. The van der Waals surface area contributed by atoms with Crippen molar-refractivity contribution in [2.75, 3.05) is 26.7 Å². The molecule has 0 aromatic rings. The number of rotatable bonds is 6. The number of urea groups is 1. The van der Waals surface area contributed by atoms with Gasteiger partial charge in [-0.2, -0.15) is 0 Å². The van der Waals surface area contributed by atoms with Gasteiger partial charge < -0.3 is 10.2 Å². The van der Waals surface area contributed by atoms with E-state index in [1.807, 2.05) is 0 Å². The zero-order valence-electron chi connectivity index (χ0n) is 15.1. The standard InChI is InChI=1S/C19H29N3O3/c1-21-11-17(24)22(18(21)25)4-2-3-16(23)20-12-19-8-13-5-14(9-19)7-15(6-13)10-19/h13-15H,2-12H2,1H3,(H,20,23). The summed E-state index contributed by atoms with van der Waals surface area (Å²) in [6.07, 6.45) is 9.05. The molecule has 0 spiro atoms. The van der Waals surface area contributed by atoms with Crippen LogP contribution >= 0.6 is 0 Å². The summed E-state index contributed by atoms with van der Waals surface area (Å²) in [6.45, 7) is 1.31. The Morgan fingerprint density at radius 3 is 2.24 bits per heavy atom. The van der Waals surface area contributed by atoms with E-state index < -0.39 is 0 Å². The predicted molar refractivity (Wildman–Crippen MR) is 92.6 cm³/mol. The molecule has 5 fully saturated rings. The molecule has 0 atom stereocenters. The zero-order valence-corrected chi connectivity index (χ0v) is 15.1. The number of hydrogen-bond donors (Lipinski definition) is 1. The molecule has 4 aliphatic carbocycles. The monoisotopic (exact) mass is 347 g/mol. The summed E-state index contributed by atoms with van der Waals surface area (Å²) in [7, 11) is 1.62. The van der Waals surface area contributed by atoms with Crippen LogP contribution in [-0.2, 0) is 9.59 Å². The predicted octanol–water partition coefficient (Wildman–Crippen LogP) is 1.99. The average Bonchev–Trinajstić information content (AvgIpc) is 2.78. The van der Waals surface area contributed by atoms with Crippen molar-refractivity contribution in [2.24, 2.45) is 23.2 Å². The van der Waals surface area contributed by atoms with Crippen LogP contribution in [0.4, 0.5) is 4.79 Å². The summed E-state index contributed by atoms with van der Waals surface area (Å²) in [4.78, 5) is 38.4. The van der Waals surface area contributed by atoms with E-state index >= 15 is 0 Å². The number of nitrogens with zero attached hydrogens (tertiary/aromatic N) is 2. The van der Waals surface area contributed by atoms with E-state index in [1.54, 1.807) is 7.05 Å². The van der Waals surface area contributed by atoms with Gasteiger partial charge in [-0.3, -0.25) is 14.5 Å². The van der Waals surface area contributed by atoms with Gasteiger partial charge in [0.1, 0.15) is 6.54 Å². The van der Waals surface area contributed by atoms with Crippen molar-refractivity contribution in [3.63, 3.8) is 0 Å². The molecule has 4 saturated carbocycles. The fourth-order valence-electron chi connectivity index (χ4n) is 6.17. The largest absolute Gasteiger partial charge is 0.356 e. The third kappa shape index (κ3) is 3.27. The van der Waals surface area contributed by atoms with Gasteiger partial charge in [0.05, 0.1) is 0 Å². The topological polar surface area (TPSA) is 69.7 Å². The van der Waals surface area contributed by atoms with Crippen LogP contribution < -0.4 is 5.32 Å². The molecule has 0 aromatic carbocycles. The number of nitrogens with one attached hydrogen (secondary N) is 1. The van der Waals surface area contributed by atoms with Crippen molar-refractivity contribution < 1.29 is 14.4 Å². The van der Waals surface area contributed by atoms with E-state index in [9.17, 15) is 14.4 Å². The Morgan fingerprint density at radius 1 is 1.12 bits per heavy atom. The molecule has 6 nitrogen and oxygen atoms in total. The minimum atomic E-state index is -0.251. The second-order valence-electron chi connectivity index (χ2n) is 8.98. The smallest absolute Gasteiger partial charge is 0.326 e. The van der Waals surface area contributed by atoms with Gasteiger partial charge in [-0.1, -0.05) is 0 Å². The third-order valence-electron chi connectivity index (χ3n) is 6.84. The number of likely N-dealkylation sites (N-methyl/N-ethyl adjacent to an activating group) is 1. The highest BCUT2D eigenvalue weighted by Gasteiger charge is 2.50. The summed E-state index contributed by atoms with van der Waals surface area (Å²) in [6, 6.07) is -0.251. The van der Waals surface area contributed by atoms with Crippen LogP contribution in [0.2, 0.25) is 0 Å². The molecule has 4 bridgehead atoms. The van der Waals surface area contributed by atoms with Crippen LogP contribution in [0.25, 0.3) is 0 Å². The summed E-state index contributed by atoms with van der Waals surface area (Å²) < 4.78 is 0. The van der Waals surface area contributed by atoms with Crippen molar-refractivity contribution in [1.29, 1.82) is 0 Å². The van der Waals surface area contributed by atoms with Gasteiger partial charge in [0.25, 0.3) is 0 Å². The van der Waals surface area contributed by atoms with Gasteiger partial charge in [0.2, 0.25) is 11.8 Å². The molecule has 1 N–H and O–H groups in total. The van der Waals surface area contributed by atoms with E-state index in [2.05, 4.69) is 5.32 Å². The van der Waals surface area contributed by atoms with Gasteiger partial charge >= 0.3 is 6.03 Å². The Hall–Kier alpha value is -1.59. The van der Waals surface area contributed by atoms with Gasteiger partial charge in [0.15, 0.2) is 0 Å². The van der Waals surface area contributed by atoms with Crippen molar-refractivity contribution >= 4 is 17.8 Å². The second kappa shape index (κ2) is 6.29. The molecule has 6 heteroatoms. The lowest BCUT2D eigenvalue weighted by Gasteiger charge is -2.56. The second-order valence-corrected chi connectivity index (χ2v) is 8.98. The summed E-state index contributed by atoms with van der Waals surface area (Å²) >= 11 is 0. The first kappa shape index (κ1) is 16.9. The molecule has 0 aromatic heterocycles. The molecule has 0 radical (unpaired) electrons. The van der Waals surface area contributed by atoms with Crippen molar-refractivity contribution in [3.05, 3.63) is 0 Å². The van der Waals surface area contributed by atoms with Crippen LogP contribution in [0, 0.1) is 23.2 Å². The molecule has 0 unspecified atom stereocenters. The number of carbonyl (C=O) groups is 3. The van der Waals surface area contributed by atoms with Gasteiger partial charge in [-0.15, -0.1) is 0 Å². The molecule has 1 aliphatic heterocycles. The lowest BCUT2D eigenvalue weighted by molar-refractivity contribution is -0.126. The molecule has 5 aliphatic rings. The van der Waals surface area contributed by atoms with Crippen LogP contribution in [0.5, 0.6) is 0 Å². The minimum absolute atomic E-state index is 0.0585. The number of imide groups is 1. The molecule has 25 heavy (non-hydrogen) atoms. The molecular weight excluding hydrogens is 318 g/mol. The van der Waals surface area contributed by atoms with E-state index in [4.69, 9.17) is 0 Å². The lowest BCUT2D eigenvalue weighted by Crippen LogP contribution is -2.51. The minimum Gasteiger partial charge on any atom is -0.356 e. The highest BCUT2D eigenvalue weighted by atomic mass is 16.2. The SMILES string of the molecule is CN1CC(=O)N(CCCC(=O)NCC23CC4CC(CC(C4)C2)C3)C1=O. The quantitative estimate of drug-likeness (QED) is 0.747. The normalized spacial score (nSPS) is 36.4. The van der Waals surface area contributed by atoms with Crippen molar-refractivity contribution in [3.8, 4) is 0 Å². The highest BCUT2D eigenvalue weighted by Crippen LogP contribution is 2.59. The fourth-order valence-corrected chi connectivity index (χ4v) is 6.17. The first-order valence-electron chi connectivity index (χ1n) is 9.76. The Labute approximate surface area is 149 Å². The molecule has 4 amide bonds. The van der Waals surface area contributed by atoms with Crippen LogP contribution in [-0.4, -0.2) is 54.3 Å². The lowest BCUT2D eigenvalue weighted by atomic mass is 9.49. The molecule has 1 saturated heterocycles. The summed E-state index contributed by atoms with van der Waals surface area (Å²) in [5.74, 6) is 2.58. The van der Waals surface area contributed by atoms with E-state index in [-0.39, 0.29) is 24.4 Å². The van der Waals surface area contributed by atoms with Gasteiger partial charge in [0, 0.05) is 26.6 Å². The van der Waals surface area contributed by atoms with Gasteiger partial charge in [-0.05, 0) is 68.1 Å². The zero-order chi connectivity index (χ0) is 17.6. The maximum Gasteiger partial charge on any atom is 0.326 e. The molecular formula is C19H29N3O3. The van der Waals surface area contributed by atoms with Crippen LogP contribution in [0.15, 0.2) is 0 Å². The van der Waals surface area contributed by atoms with Crippen LogP contribution in [0.1, 0.15) is 51.4 Å². The molecule has 5 rings (SSSR count). The number of hydrogen-bond acceptors (Lipinski definition) is 3. The number of amides is 4. The first-order valence-corrected chi connectivity index (χ1v) is 9.76. The highest BCUT2D eigenvalue weighted by molar-refractivity contribution is 6.01. The van der Waals surface area contributed by atoms with E-state index in [0.29, 0.717) is 24.8 Å². The Bertz CT molecular complexity index is 553. The maximum absolute atomic E-state index is 12.2. The Balaban J connectivity index is 1.21. The molecule has 1 heterocycles. The Kier molecular flexibility index (Phi) is 4.24. The molecule has 138 valence electrons. The average molecular weight is 347 g/mol. The first-order chi connectivity index (χ1) is 11.9. The summed E-state index contributed by atoms with van der Waals surface area (Å²) in [5, 5.41) is 3.16. The third-order valence-corrected chi connectivity index (χ3v) is 6.84. The van der Waals surface area contributed by atoms with Crippen molar-refractivity contribution in [1.82, 2.24) is 15.1 Å². The van der Waals surface area contributed by atoms with Crippen LogP contribution in [0.3, 0.4) is 0 Å². The van der Waals surface area contributed by atoms with E-state index in [0.717, 1.165) is 24.3 Å². The fraction of sp³-hybridized carbons (Fsp3) is 0.842. The van der Waals surface area contributed by atoms with Gasteiger partial charge in [-0.25, -0.2) is 4.79 Å². The van der Waals surface area contributed by atoms with Crippen molar-refractivity contribution in [2.45, 2.75) is 51.4 Å².